The first kappa shape index (κ1) is 15.9. The Bertz CT molecular complexity index is 465. The van der Waals surface area contributed by atoms with Crippen LogP contribution in [-0.2, 0) is 21.2 Å². The first-order valence-corrected chi connectivity index (χ1v) is 7.33. The van der Waals surface area contributed by atoms with Crippen LogP contribution in [0.15, 0.2) is 24.3 Å². The molecule has 4 nitrogen and oxygen atoms in total. The van der Waals surface area contributed by atoms with E-state index in [1.54, 1.807) is 12.1 Å². The maximum absolute atomic E-state index is 11.4. The zero-order valence-electron chi connectivity index (χ0n) is 11.7. The summed E-state index contributed by atoms with van der Waals surface area (Å²) in [4.78, 5) is 11.4. The Morgan fingerprint density at radius 1 is 1.37 bits per heavy atom. The van der Waals surface area contributed by atoms with Crippen molar-refractivity contribution in [3.63, 3.8) is 0 Å². The minimum Gasteiger partial charge on any atom is -0.465 e. The molecule has 1 N–H and O–H groups in total. The third-order valence-electron chi connectivity index (χ3n) is 3.67. The summed E-state index contributed by atoms with van der Waals surface area (Å²) >= 11 is -1.80. The molecule has 0 aliphatic heterocycles. The van der Waals surface area contributed by atoms with Crippen LogP contribution in [0, 0.1) is 5.92 Å². The standard InChI is InChI=1S/C14H20O4S/c1-10(9-19(16)17)14(2,3)12-7-5-11(6-8-12)13(15)18-4/h5-8,10H,9H2,1-4H3,(H,16,17). The molecule has 19 heavy (non-hydrogen) atoms. The third-order valence-corrected chi connectivity index (χ3v) is 4.46. The Morgan fingerprint density at radius 2 is 1.89 bits per heavy atom. The minimum absolute atomic E-state index is 0.0438. The molecule has 106 valence electrons. The van der Waals surface area contributed by atoms with Gasteiger partial charge < -0.3 is 9.29 Å². The number of ether oxygens (including phenoxy) is 1. The number of rotatable bonds is 5. The maximum atomic E-state index is 11.4. The Balaban J connectivity index is 2.95. The van der Waals surface area contributed by atoms with Crippen molar-refractivity contribution in [2.75, 3.05) is 12.9 Å². The maximum Gasteiger partial charge on any atom is 0.337 e. The molecule has 0 saturated heterocycles. The third kappa shape index (κ3) is 3.88. The highest BCUT2D eigenvalue weighted by Gasteiger charge is 2.29. The van der Waals surface area contributed by atoms with E-state index in [4.69, 9.17) is 4.55 Å². The normalized spacial score (nSPS) is 14.8. The van der Waals surface area contributed by atoms with Gasteiger partial charge in [0.15, 0.2) is 11.1 Å². The van der Waals surface area contributed by atoms with E-state index in [0.717, 1.165) is 5.56 Å². The molecule has 5 heteroatoms. The van der Waals surface area contributed by atoms with E-state index in [9.17, 15) is 9.00 Å². The molecule has 0 radical (unpaired) electrons. The van der Waals surface area contributed by atoms with Crippen molar-refractivity contribution in [1.82, 2.24) is 0 Å². The second-order valence-electron chi connectivity index (χ2n) is 5.18. The number of esters is 1. The Morgan fingerprint density at radius 3 is 2.32 bits per heavy atom. The lowest BCUT2D eigenvalue weighted by Crippen LogP contribution is -2.30. The van der Waals surface area contributed by atoms with Gasteiger partial charge in [-0.05, 0) is 29.0 Å². The van der Waals surface area contributed by atoms with Crippen LogP contribution in [0.2, 0.25) is 0 Å². The van der Waals surface area contributed by atoms with Crippen LogP contribution in [0.1, 0.15) is 36.7 Å². The van der Waals surface area contributed by atoms with Crippen molar-refractivity contribution in [3.05, 3.63) is 35.4 Å². The molecule has 0 aliphatic rings. The molecule has 0 amide bonds. The molecule has 0 spiro atoms. The molecule has 0 saturated carbocycles. The molecule has 0 bridgehead atoms. The van der Waals surface area contributed by atoms with Crippen LogP contribution in [0.4, 0.5) is 0 Å². The molecule has 0 aliphatic carbocycles. The monoisotopic (exact) mass is 284 g/mol. The molecule has 2 unspecified atom stereocenters. The number of carbonyl (C=O) groups excluding carboxylic acids is 1. The van der Waals surface area contributed by atoms with Crippen molar-refractivity contribution in [1.29, 1.82) is 0 Å². The van der Waals surface area contributed by atoms with Gasteiger partial charge in [0.05, 0.1) is 18.4 Å². The van der Waals surface area contributed by atoms with E-state index < -0.39 is 11.1 Å². The summed E-state index contributed by atoms with van der Waals surface area (Å²) in [5.74, 6) is -0.0951. The second kappa shape index (κ2) is 6.30. The summed E-state index contributed by atoms with van der Waals surface area (Å²) in [7, 11) is 1.35. The van der Waals surface area contributed by atoms with Crippen LogP contribution < -0.4 is 0 Å². The molecular weight excluding hydrogens is 264 g/mol. The molecule has 1 aromatic rings. The quantitative estimate of drug-likeness (QED) is 0.667. The van der Waals surface area contributed by atoms with Crippen molar-refractivity contribution < 1.29 is 18.3 Å². The lowest BCUT2D eigenvalue weighted by molar-refractivity contribution is 0.0600. The zero-order valence-corrected chi connectivity index (χ0v) is 12.5. The van der Waals surface area contributed by atoms with Crippen LogP contribution in [0.5, 0.6) is 0 Å². The Kier molecular flexibility index (Phi) is 5.26. The molecule has 0 heterocycles. The Labute approximate surface area is 116 Å². The van der Waals surface area contributed by atoms with Gasteiger partial charge in [-0.2, -0.15) is 0 Å². The van der Waals surface area contributed by atoms with Gasteiger partial charge in [-0.15, -0.1) is 0 Å². The average molecular weight is 284 g/mol. The van der Waals surface area contributed by atoms with Gasteiger partial charge in [0.25, 0.3) is 0 Å². The lowest BCUT2D eigenvalue weighted by atomic mass is 9.75. The fourth-order valence-electron chi connectivity index (χ4n) is 1.86. The van der Waals surface area contributed by atoms with E-state index in [1.807, 2.05) is 32.9 Å². The van der Waals surface area contributed by atoms with E-state index in [-0.39, 0.29) is 23.1 Å². The highest BCUT2D eigenvalue weighted by atomic mass is 32.2. The molecule has 1 rings (SSSR count). The fourth-order valence-corrected chi connectivity index (χ4v) is 2.70. The van der Waals surface area contributed by atoms with Crippen LogP contribution in [0.25, 0.3) is 0 Å². The molecule has 2 atom stereocenters. The lowest BCUT2D eigenvalue weighted by Gasteiger charge is -2.31. The van der Waals surface area contributed by atoms with E-state index in [2.05, 4.69) is 4.74 Å². The first-order valence-electron chi connectivity index (χ1n) is 6.05. The summed E-state index contributed by atoms with van der Waals surface area (Å²) in [6, 6.07) is 7.16. The number of carbonyl (C=O) groups is 1. The van der Waals surface area contributed by atoms with E-state index in [1.165, 1.54) is 7.11 Å². The van der Waals surface area contributed by atoms with Crippen LogP contribution in [0.3, 0.4) is 0 Å². The van der Waals surface area contributed by atoms with Gasteiger partial charge in [0.2, 0.25) is 0 Å². The summed E-state index contributed by atoms with van der Waals surface area (Å²) in [6.07, 6.45) is 0. The molecule has 0 fully saturated rings. The molecule has 1 aromatic carbocycles. The highest BCUT2D eigenvalue weighted by molar-refractivity contribution is 7.79. The summed E-state index contributed by atoms with van der Waals surface area (Å²) < 4.78 is 24.6. The van der Waals surface area contributed by atoms with Crippen LogP contribution >= 0.6 is 0 Å². The van der Waals surface area contributed by atoms with E-state index >= 15 is 0 Å². The summed E-state index contributed by atoms with van der Waals surface area (Å²) in [5, 5.41) is 0. The summed E-state index contributed by atoms with van der Waals surface area (Å²) in [5.41, 5.74) is 1.28. The van der Waals surface area contributed by atoms with Crippen molar-refractivity contribution in [3.8, 4) is 0 Å². The number of methoxy groups -OCH3 is 1. The number of benzene rings is 1. The van der Waals surface area contributed by atoms with Crippen molar-refractivity contribution in [2.24, 2.45) is 5.92 Å². The van der Waals surface area contributed by atoms with E-state index in [0.29, 0.717) is 5.56 Å². The van der Waals surface area contributed by atoms with Crippen LogP contribution in [-0.4, -0.2) is 27.6 Å². The predicted molar refractivity (Wildman–Crippen MR) is 75.6 cm³/mol. The average Bonchev–Trinajstić information content (AvgIpc) is 2.37. The van der Waals surface area contributed by atoms with Crippen molar-refractivity contribution >= 4 is 17.0 Å². The minimum atomic E-state index is -1.80. The molecular formula is C14H20O4S. The van der Waals surface area contributed by atoms with Gasteiger partial charge in [-0.25, -0.2) is 9.00 Å². The first-order chi connectivity index (χ1) is 8.78. The second-order valence-corrected chi connectivity index (χ2v) is 6.16. The van der Waals surface area contributed by atoms with Gasteiger partial charge in [0.1, 0.15) is 0 Å². The van der Waals surface area contributed by atoms with Gasteiger partial charge in [-0.1, -0.05) is 32.9 Å². The molecule has 0 aromatic heterocycles. The summed E-state index contributed by atoms with van der Waals surface area (Å²) in [6.45, 7) is 6.00. The smallest absolute Gasteiger partial charge is 0.337 e. The topological polar surface area (TPSA) is 63.6 Å². The largest absolute Gasteiger partial charge is 0.465 e. The SMILES string of the molecule is COC(=O)c1ccc(C(C)(C)C(C)CS(=O)O)cc1. The highest BCUT2D eigenvalue weighted by Crippen LogP contribution is 2.32. The van der Waals surface area contributed by atoms with Gasteiger partial charge in [-0.3, -0.25) is 0 Å². The van der Waals surface area contributed by atoms with Gasteiger partial charge in [0, 0.05) is 0 Å². The van der Waals surface area contributed by atoms with Gasteiger partial charge >= 0.3 is 5.97 Å². The van der Waals surface area contributed by atoms with Crippen molar-refractivity contribution in [2.45, 2.75) is 26.2 Å². The predicted octanol–water partition coefficient (Wildman–Crippen LogP) is 2.61. The number of hydrogen-bond acceptors (Lipinski definition) is 3. The zero-order chi connectivity index (χ0) is 14.6. The number of hydrogen-bond donors (Lipinski definition) is 1. The Hall–Kier alpha value is -1.20. The fraction of sp³-hybridized carbons (Fsp3) is 0.500.